The smallest absolute Gasteiger partial charge is 0.0657 e. The number of rotatable bonds is 4. The van der Waals surface area contributed by atoms with Crippen LogP contribution in [0, 0.1) is 5.41 Å². The summed E-state index contributed by atoms with van der Waals surface area (Å²) < 4.78 is 0. The highest BCUT2D eigenvalue weighted by Crippen LogP contribution is 2.26. The molecule has 0 aliphatic heterocycles. The summed E-state index contributed by atoms with van der Waals surface area (Å²) in [6, 6.07) is 5.54. The normalized spacial score (nSPS) is 11.5. The molecule has 3 heteroatoms. The van der Waals surface area contributed by atoms with Gasteiger partial charge in [0.1, 0.15) is 0 Å². The zero-order valence-corrected chi connectivity index (χ0v) is 10.4. The lowest BCUT2D eigenvalue weighted by molar-refractivity contribution is 0.377. The molecule has 0 fully saturated rings. The van der Waals surface area contributed by atoms with Crippen molar-refractivity contribution in [2.75, 3.05) is 17.6 Å². The first-order valence-corrected chi connectivity index (χ1v) is 5.61. The third-order valence-electron chi connectivity index (χ3n) is 2.71. The van der Waals surface area contributed by atoms with E-state index in [2.05, 4.69) is 26.1 Å². The molecule has 1 rings (SSSR count). The number of hydrogen-bond acceptors (Lipinski definition) is 2. The van der Waals surface area contributed by atoms with E-state index < -0.39 is 0 Å². The van der Waals surface area contributed by atoms with E-state index in [4.69, 9.17) is 17.3 Å². The van der Waals surface area contributed by atoms with Crippen molar-refractivity contribution in [1.29, 1.82) is 0 Å². The van der Waals surface area contributed by atoms with Crippen LogP contribution in [0.4, 0.5) is 11.4 Å². The summed E-state index contributed by atoms with van der Waals surface area (Å²) >= 11 is 6.06. The fourth-order valence-corrected chi connectivity index (χ4v) is 1.39. The maximum atomic E-state index is 6.06. The predicted octanol–water partition coefficient (Wildman–Crippen LogP) is 3.77. The van der Waals surface area contributed by atoms with E-state index in [9.17, 15) is 0 Å². The van der Waals surface area contributed by atoms with Gasteiger partial charge in [-0.15, -0.1) is 0 Å². The Labute approximate surface area is 96.8 Å². The third-order valence-corrected chi connectivity index (χ3v) is 3.02. The van der Waals surface area contributed by atoms with E-state index in [1.54, 1.807) is 6.07 Å². The van der Waals surface area contributed by atoms with Crippen LogP contribution in [0.2, 0.25) is 5.02 Å². The van der Waals surface area contributed by atoms with E-state index in [-0.39, 0.29) is 5.41 Å². The largest absolute Gasteiger partial charge is 0.399 e. The molecule has 15 heavy (non-hydrogen) atoms. The van der Waals surface area contributed by atoms with E-state index in [0.717, 1.165) is 18.7 Å². The molecular formula is C12H19ClN2. The van der Waals surface area contributed by atoms with Gasteiger partial charge in [-0.05, 0) is 30.0 Å². The van der Waals surface area contributed by atoms with Crippen molar-refractivity contribution >= 4 is 23.0 Å². The molecule has 0 aliphatic rings. The Morgan fingerprint density at radius 3 is 2.60 bits per heavy atom. The van der Waals surface area contributed by atoms with Gasteiger partial charge in [-0.3, -0.25) is 0 Å². The molecule has 0 saturated heterocycles. The van der Waals surface area contributed by atoms with Gasteiger partial charge in [0.25, 0.3) is 0 Å². The number of nitrogen functional groups attached to an aromatic ring is 1. The van der Waals surface area contributed by atoms with E-state index in [0.29, 0.717) is 10.7 Å². The summed E-state index contributed by atoms with van der Waals surface area (Å²) in [5, 5.41) is 4.03. The summed E-state index contributed by atoms with van der Waals surface area (Å²) in [4.78, 5) is 0. The lowest BCUT2D eigenvalue weighted by atomic mass is 9.90. The quantitative estimate of drug-likeness (QED) is 0.767. The lowest BCUT2D eigenvalue weighted by Gasteiger charge is -2.24. The summed E-state index contributed by atoms with van der Waals surface area (Å²) in [5.74, 6) is 0. The summed E-state index contributed by atoms with van der Waals surface area (Å²) in [5.41, 5.74) is 7.55. The van der Waals surface area contributed by atoms with Crippen LogP contribution in [-0.4, -0.2) is 6.54 Å². The molecule has 0 spiro atoms. The van der Waals surface area contributed by atoms with Gasteiger partial charge in [-0.25, -0.2) is 0 Å². The van der Waals surface area contributed by atoms with Crippen molar-refractivity contribution in [3.05, 3.63) is 23.2 Å². The number of halogens is 1. The fourth-order valence-electron chi connectivity index (χ4n) is 1.13. The van der Waals surface area contributed by atoms with Crippen LogP contribution >= 0.6 is 11.6 Å². The lowest BCUT2D eigenvalue weighted by Crippen LogP contribution is -2.22. The minimum Gasteiger partial charge on any atom is -0.399 e. The van der Waals surface area contributed by atoms with E-state index >= 15 is 0 Å². The van der Waals surface area contributed by atoms with Gasteiger partial charge in [-0.2, -0.15) is 0 Å². The number of nitrogens with one attached hydrogen (secondary N) is 1. The Balaban J connectivity index is 2.66. The molecule has 0 saturated carbocycles. The molecular weight excluding hydrogens is 208 g/mol. The molecule has 0 amide bonds. The number of benzene rings is 1. The van der Waals surface area contributed by atoms with Gasteiger partial charge in [-0.1, -0.05) is 32.4 Å². The zero-order chi connectivity index (χ0) is 11.5. The van der Waals surface area contributed by atoms with Crippen LogP contribution in [0.25, 0.3) is 0 Å². The zero-order valence-electron chi connectivity index (χ0n) is 9.60. The second kappa shape index (κ2) is 4.75. The van der Waals surface area contributed by atoms with Crippen LogP contribution in [0.3, 0.4) is 0 Å². The number of anilines is 2. The van der Waals surface area contributed by atoms with Gasteiger partial charge in [0.2, 0.25) is 0 Å². The van der Waals surface area contributed by atoms with Crippen LogP contribution in [-0.2, 0) is 0 Å². The summed E-state index contributed by atoms with van der Waals surface area (Å²) in [6.07, 6.45) is 1.13. The molecule has 0 aromatic heterocycles. The molecule has 1 aromatic carbocycles. The molecule has 0 bridgehead atoms. The summed E-state index contributed by atoms with van der Waals surface area (Å²) in [6.45, 7) is 7.55. The first kappa shape index (κ1) is 12.2. The Morgan fingerprint density at radius 2 is 2.07 bits per heavy atom. The molecule has 1 aromatic rings. The average Bonchev–Trinajstić information content (AvgIpc) is 2.16. The van der Waals surface area contributed by atoms with Crippen molar-refractivity contribution < 1.29 is 0 Å². The van der Waals surface area contributed by atoms with Crippen molar-refractivity contribution in [2.24, 2.45) is 5.41 Å². The van der Waals surface area contributed by atoms with Gasteiger partial charge in [0, 0.05) is 12.2 Å². The van der Waals surface area contributed by atoms with Crippen molar-refractivity contribution in [2.45, 2.75) is 27.2 Å². The second-order valence-electron chi connectivity index (χ2n) is 4.61. The molecule has 3 N–H and O–H groups in total. The third kappa shape index (κ3) is 3.63. The molecule has 0 aliphatic carbocycles. The Bertz CT molecular complexity index is 334. The standard InChI is InChI=1S/C12H19ClN2/c1-4-12(2,3)8-15-11-6-5-9(14)7-10(11)13/h5-7,15H,4,8,14H2,1-3H3. The molecule has 0 atom stereocenters. The van der Waals surface area contributed by atoms with Crippen molar-refractivity contribution in [1.82, 2.24) is 0 Å². The first-order chi connectivity index (χ1) is 6.94. The van der Waals surface area contributed by atoms with E-state index in [1.807, 2.05) is 12.1 Å². The Hall–Kier alpha value is -0.890. The fraction of sp³-hybridized carbons (Fsp3) is 0.500. The van der Waals surface area contributed by atoms with Gasteiger partial charge in [0.05, 0.1) is 10.7 Å². The number of nitrogens with two attached hydrogens (primary N) is 1. The first-order valence-electron chi connectivity index (χ1n) is 5.23. The summed E-state index contributed by atoms with van der Waals surface area (Å²) in [7, 11) is 0. The Morgan fingerprint density at radius 1 is 1.40 bits per heavy atom. The topological polar surface area (TPSA) is 38.0 Å². The molecule has 0 unspecified atom stereocenters. The van der Waals surface area contributed by atoms with Gasteiger partial charge >= 0.3 is 0 Å². The van der Waals surface area contributed by atoms with Gasteiger partial charge in [0.15, 0.2) is 0 Å². The minimum absolute atomic E-state index is 0.282. The highest BCUT2D eigenvalue weighted by molar-refractivity contribution is 6.33. The van der Waals surface area contributed by atoms with Crippen LogP contribution < -0.4 is 11.1 Å². The van der Waals surface area contributed by atoms with Crippen LogP contribution in [0.1, 0.15) is 27.2 Å². The highest BCUT2D eigenvalue weighted by atomic mass is 35.5. The molecule has 84 valence electrons. The van der Waals surface area contributed by atoms with Crippen molar-refractivity contribution in [3.63, 3.8) is 0 Å². The van der Waals surface area contributed by atoms with Crippen molar-refractivity contribution in [3.8, 4) is 0 Å². The minimum atomic E-state index is 0.282. The SMILES string of the molecule is CCC(C)(C)CNc1ccc(N)cc1Cl. The average molecular weight is 227 g/mol. The predicted molar refractivity (Wildman–Crippen MR) is 68.4 cm³/mol. The van der Waals surface area contributed by atoms with Gasteiger partial charge < -0.3 is 11.1 Å². The molecule has 2 nitrogen and oxygen atoms in total. The highest BCUT2D eigenvalue weighted by Gasteiger charge is 2.14. The molecule has 0 heterocycles. The number of hydrogen-bond donors (Lipinski definition) is 2. The maximum absolute atomic E-state index is 6.06. The monoisotopic (exact) mass is 226 g/mol. The second-order valence-corrected chi connectivity index (χ2v) is 5.02. The van der Waals surface area contributed by atoms with E-state index in [1.165, 1.54) is 0 Å². The van der Waals surface area contributed by atoms with Crippen LogP contribution in [0.5, 0.6) is 0 Å². The van der Waals surface area contributed by atoms with Crippen LogP contribution in [0.15, 0.2) is 18.2 Å². The maximum Gasteiger partial charge on any atom is 0.0657 e. The molecule has 0 radical (unpaired) electrons. The Kier molecular flexibility index (Phi) is 3.86.